The van der Waals surface area contributed by atoms with Crippen molar-refractivity contribution in [3.63, 3.8) is 0 Å². The first-order valence-corrected chi connectivity index (χ1v) is 12.7. The van der Waals surface area contributed by atoms with Crippen LogP contribution in [0.3, 0.4) is 0 Å². The van der Waals surface area contributed by atoms with Gasteiger partial charge in [0.2, 0.25) is 5.91 Å². The van der Waals surface area contributed by atoms with E-state index in [1.807, 2.05) is 28.9 Å². The van der Waals surface area contributed by atoms with Gasteiger partial charge in [-0.3, -0.25) is 14.2 Å². The van der Waals surface area contributed by atoms with Crippen molar-refractivity contribution in [1.82, 2.24) is 19.4 Å². The first-order valence-electron chi connectivity index (χ1n) is 12.7. The number of aryl methyl sites for hydroxylation is 2. The van der Waals surface area contributed by atoms with E-state index in [-0.39, 0.29) is 17.4 Å². The summed E-state index contributed by atoms with van der Waals surface area (Å²) in [5.41, 5.74) is 5.06. The van der Waals surface area contributed by atoms with Crippen LogP contribution in [-0.4, -0.2) is 64.6 Å². The van der Waals surface area contributed by atoms with Crippen LogP contribution < -0.4 is 15.4 Å². The molecule has 2 fully saturated rings. The molecule has 1 atom stereocenters. The Bertz CT molecular complexity index is 1290. The van der Waals surface area contributed by atoms with E-state index in [9.17, 15) is 9.59 Å². The second-order valence-corrected chi connectivity index (χ2v) is 9.65. The number of hydrogen-bond donors (Lipinski definition) is 0. The Hall–Kier alpha value is -3.42. The van der Waals surface area contributed by atoms with Crippen LogP contribution in [-0.2, 0) is 11.3 Å². The molecular weight excluding hydrogens is 440 g/mol. The molecule has 0 radical (unpaired) electrons. The van der Waals surface area contributed by atoms with E-state index in [0.29, 0.717) is 30.1 Å². The van der Waals surface area contributed by atoms with Gasteiger partial charge in [-0.1, -0.05) is 12.1 Å². The number of anilines is 2. The minimum Gasteiger partial charge on any atom is -0.368 e. The molecule has 3 aromatic rings. The van der Waals surface area contributed by atoms with Gasteiger partial charge in [0, 0.05) is 57.7 Å². The number of amides is 1. The fourth-order valence-electron chi connectivity index (χ4n) is 5.44. The summed E-state index contributed by atoms with van der Waals surface area (Å²) >= 11 is 0. The molecule has 2 aliphatic heterocycles. The summed E-state index contributed by atoms with van der Waals surface area (Å²) in [5.74, 6) is 0.523. The van der Waals surface area contributed by atoms with Gasteiger partial charge >= 0.3 is 0 Å². The molecule has 2 aliphatic rings. The van der Waals surface area contributed by atoms with Gasteiger partial charge in [0.25, 0.3) is 5.56 Å². The molecule has 8 nitrogen and oxygen atoms in total. The molecule has 0 bridgehead atoms. The number of pyridine rings is 1. The van der Waals surface area contributed by atoms with E-state index >= 15 is 0 Å². The molecule has 0 aliphatic carbocycles. The van der Waals surface area contributed by atoms with Crippen LogP contribution in [0, 0.1) is 19.8 Å². The fourth-order valence-corrected chi connectivity index (χ4v) is 5.44. The third kappa shape index (κ3) is 4.37. The van der Waals surface area contributed by atoms with Crippen LogP contribution >= 0.6 is 0 Å². The number of carbonyl (C=O) groups excluding carboxylic acids is 1. The summed E-state index contributed by atoms with van der Waals surface area (Å²) in [5, 5.41) is 0. The van der Waals surface area contributed by atoms with Crippen LogP contribution in [0.2, 0.25) is 0 Å². The second kappa shape index (κ2) is 9.68. The number of rotatable bonds is 4. The lowest BCUT2D eigenvalue weighted by Crippen LogP contribution is -2.53. The normalized spacial score (nSPS) is 18.8. The lowest BCUT2D eigenvalue weighted by atomic mass is 9.96. The molecule has 184 valence electrons. The van der Waals surface area contributed by atoms with E-state index in [4.69, 9.17) is 0 Å². The summed E-state index contributed by atoms with van der Waals surface area (Å²) in [6.07, 6.45) is 3.41. The van der Waals surface area contributed by atoms with Gasteiger partial charge in [-0.25, -0.2) is 9.97 Å². The van der Waals surface area contributed by atoms with Crippen LogP contribution in [0.1, 0.15) is 30.9 Å². The quantitative estimate of drug-likeness (QED) is 0.579. The van der Waals surface area contributed by atoms with Crippen molar-refractivity contribution in [3.05, 3.63) is 58.0 Å². The van der Waals surface area contributed by atoms with Crippen molar-refractivity contribution in [3.8, 4) is 0 Å². The molecule has 4 heterocycles. The molecule has 1 amide bonds. The molecule has 35 heavy (non-hydrogen) atoms. The highest BCUT2D eigenvalue weighted by Crippen LogP contribution is 2.26. The van der Waals surface area contributed by atoms with Crippen LogP contribution in [0.5, 0.6) is 0 Å². The lowest BCUT2D eigenvalue weighted by molar-refractivity contribution is -0.136. The third-order valence-corrected chi connectivity index (χ3v) is 7.58. The number of aromatic nitrogens is 3. The zero-order valence-corrected chi connectivity index (χ0v) is 20.9. The molecule has 0 spiro atoms. The molecule has 8 heteroatoms. The van der Waals surface area contributed by atoms with Crippen molar-refractivity contribution >= 4 is 28.6 Å². The number of benzene rings is 1. The smallest absolute Gasteiger partial charge is 0.295 e. The number of piperazine rings is 1. The van der Waals surface area contributed by atoms with Gasteiger partial charge < -0.3 is 14.7 Å². The Labute approximate surface area is 206 Å². The van der Waals surface area contributed by atoms with E-state index in [1.165, 1.54) is 16.8 Å². The van der Waals surface area contributed by atoms with Crippen molar-refractivity contribution in [1.29, 1.82) is 0 Å². The number of piperidine rings is 1. The zero-order valence-electron chi connectivity index (χ0n) is 20.9. The van der Waals surface area contributed by atoms with Crippen LogP contribution in [0.25, 0.3) is 11.2 Å². The van der Waals surface area contributed by atoms with E-state index < -0.39 is 0 Å². The Morgan fingerprint density at radius 3 is 2.60 bits per heavy atom. The van der Waals surface area contributed by atoms with Gasteiger partial charge in [-0.15, -0.1) is 0 Å². The molecule has 1 aromatic carbocycles. The number of nitrogens with zero attached hydrogens (tertiary/aromatic N) is 6. The van der Waals surface area contributed by atoms with Gasteiger partial charge in [0.05, 0.1) is 5.92 Å². The summed E-state index contributed by atoms with van der Waals surface area (Å²) in [6, 6.07) is 10.1. The van der Waals surface area contributed by atoms with Gasteiger partial charge in [0.1, 0.15) is 5.52 Å². The third-order valence-electron chi connectivity index (χ3n) is 7.58. The number of fused-ring (bicyclic) bond motifs is 1. The average Bonchev–Trinajstić information content (AvgIpc) is 2.90. The van der Waals surface area contributed by atoms with Crippen LogP contribution in [0.4, 0.5) is 11.5 Å². The van der Waals surface area contributed by atoms with Gasteiger partial charge in [0.15, 0.2) is 11.5 Å². The zero-order chi connectivity index (χ0) is 24.5. The van der Waals surface area contributed by atoms with Crippen LogP contribution in [0.15, 0.2) is 41.3 Å². The Balaban J connectivity index is 1.29. The standard InChI is InChI=1S/C27H34N6O2/c1-4-33-24-22(10-6-12-28-24)29-25(27(33)35)32-13-7-9-21(18-32)26(34)31-16-14-30(15-17-31)23-11-5-8-19(2)20(23)3/h5-6,8,10-12,21H,4,7,9,13-18H2,1-3H3/t21-/m1/s1. The highest BCUT2D eigenvalue weighted by atomic mass is 16.2. The first-order chi connectivity index (χ1) is 17.0. The second-order valence-electron chi connectivity index (χ2n) is 9.65. The Morgan fingerprint density at radius 2 is 1.83 bits per heavy atom. The molecule has 0 N–H and O–H groups in total. The maximum absolute atomic E-state index is 13.5. The summed E-state index contributed by atoms with van der Waals surface area (Å²) in [6.45, 7) is 11.2. The van der Waals surface area contributed by atoms with Gasteiger partial charge in [-0.05, 0) is 62.9 Å². The highest BCUT2D eigenvalue weighted by molar-refractivity contribution is 5.80. The highest BCUT2D eigenvalue weighted by Gasteiger charge is 2.33. The SMILES string of the molecule is CCn1c(=O)c(N2CCC[C@@H](C(=O)N3CCN(c4cccc(C)c4C)CC3)C2)nc2cccnc21. The first kappa shape index (κ1) is 23.3. The molecule has 0 unspecified atom stereocenters. The molecule has 0 saturated carbocycles. The summed E-state index contributed by atoms with van der Waals surface area (Å²) in [7, 11) is 0. The van der Waals surface area contributed by atoms with Gasteiger partial charge in [-0.2, -0.15) is 0 Å². The lowest BCUT2D eigenvalue weighted by Gasteiger charge is -2.40. The van der Waals surface area contributed by atoms with Crippen molar-refractivity contribution < 1.29 is 4.79 Å². The van der Waals surface area contributed by atoms with Crippen molar-refractivity contribution in [2.75, 3.05) is 49.1 Å². The molecule has 2 saturated heterocycles. The fraction of sp³-hybridized carbons (Fsp3) is 0.481. The molecular formula is C27H34N6O2. The molecule has 5 rings (SSSR count). The number of carbonyl (C=O) groups is 1. The Morgan fingerprint density at radius 1 is 1.03 bits per heavy atom. The van der Waals surface area contributed by atoms with Crippen molar-refractivity contribution in [2.24, 2.45) is 5.92 Å². The summed E-state index contributed by atoms with van der Waals surface area (Å²) in [4.78, 5) is 42.2. The maximum Gasteiger partial charge on any atom is 0.295 e. The van der Waals surface area contributed by atoms with E-state index in [2.05, 4.69) is 46.9 Å². The van der Waals surface area contributed by atoms with Crippen molar-refractivity contribution in [2.45, 2.75) is 40.2 Å². The monoisotopic (exact) mass is 474 g/mol. The average molecular weight is 475 g/mol. The predicted molar refractivity (Wildman–Crippen MR) is 139 cm³/mol. The predicted octanol–water partition coefficient (Wildman–Crippen LogP) is 2.99. The largest absolute Gasteiger partial charge is 0.368 e. The van der Waals surface area contributed by atoms with E-state index in [1.54, 1.807) is 10.8 Å². The topological polar surface area (TPSA) is 74.6 Å². The minimum atomic E-state index is -0.131. The molecule has 2 aromatic heterocycles. The number of hydrogen-bond acceptors (Lipinski definition) is 6. The maximum atomic E-state index is 13.5. The summed E-state index contributed by atoms with van der Waals surface area (Å²) < 4.78 is 1.68. The van der Waals surface area contributed by atoms with E-state index in [0.717, 1.165) is 45.6 Å². The Kier molecular flexibility index (Phi) is 6.45. The minimum absolute atomic E-state index is 0.114.